The third-order valence-corrected chi connectivity index (χ3v) is 3.88. The molecule has 3 heteroatoms. The van der Waals surface area contributed by atoms with E-state index in [1.165, 1.54) is 6.42 Å². The van der Waals surface area contributed by atoms with Crippen LogP contribution in [-0.2, 0) is 0 Å². The van der Waals surface area contributed by atoms with E-state index in [9.17, 15) is 4.79 Å². The fourth-order valence-corrected chi connectivity index (χ4v) is 2.70. The van der Waals surface area contributed by atoms with Crippen molar-refractivity contribution < 1.29 is 9.53 Å². The van der Waals surface area contributed by atoms with E-state index in [0.29, 0.717) is 0 Å². The van der Waals surface area contributed by atoms with E-state index in [1.807, 2.05) is 25.1 Å². The Labute approximate surface area is 108 Å². The van der Waals surface area contributed by atoms with Gasteiger partial charge in [-0.25, -0.2) is 0 Å². The molecule has 2 N–H and O–H groups in total. The summed E-state index contributed by atoms with van der Waals surface area (Å²) in [6, 6.07) is 5.55. The highest BCUT2D eigenvalue weighted by Crippen LogP contribution is 2.30. The van der Waals surface area contributed by atoms with Crippen molar-refractivity contribution in [3.63, 3.8) is 0 Å². The summed E-state index contributed by atoms with van der Waals surface area (Å²) in [7, 11) is 1.63. The van der Waals surface area contributed by atoms with Gasteiger partial charge in [-0.05, 0) is 43.5 Å². The maximum absolute atomic E-state index is 12.6. The van der Waals surface area contributed by atoms with Gasteiger partial charge in [0.2, 0.25) is 0 Å². The van der Waals surface area contributed by atoms with Crippen molar-refractivity contribution >= 4 is 5.78 Å². The zero-order valence-electron chi connectivity index (χ0n) is 11.2. The molecular formula is C15H21NO2. The molecule has 1 saturated carbocycles. The van der Waals surface area contributed by atoms with Crippen LogP contribution in [0, 0.1) is 6.92 Å². The van der Waals surface area contributed by atoms with Crippen LogP contribution in [0.3, 0.4) is 0 Å². The molecule has 0 aromatic heterocycles. The number of carbonyl (C=O) groups excluding carboxylic acids is 1. The smallest absolute Gasteiger partial charge is 0.182 e. The van der Waals surface area contributed by atoms with E-state index >= 15 is 0 Å². The van der Waals surface area contributed by atoms with Crippen LogP contribution in [0.15, 0.2) is 18.2 Å². The highest BCUT2D eigenvalue weighted by atomic mass is 16.5. The van der Waals surface area contributed by atoms with Gasteiger partial charge in [-0.2, -0.15) is 0 Å². The number of rotatable bonds is 3. The lowest BCUT2D eigenvalue weighted by molar-refractivity contribution is 0.0847. The molecule has 0 unspecified atom stereocenters. The minimum Gasteiger partial charge on any atom is -0.497 e. The predicted molar refractivity (Wildman–Crippen MR) is 72.1 cm³/mol. The lowest BCUT2D eigenvalue weighted by Gasteiger charge is -2.32. The van der Waals surface area contributed by atoms with E-state index in [4.69, 9.17) is 10.5 Å². The Bertz CT molecular complexity index is 448. The van der Waals surface area contributed by atoms with Crippen LogP contribution in [-0.4, -0.2) is 18.4 Å². The van der Waals surface area contributed by atoms with Crippen LogP contribution in [0.5, 0.6) is 5.75 Å². The van der Waals surface area contributed by atoms with Crippen molar-refractivity contribution in [1.29, 1.82) is 0 Å². The van der Waals surface area contributed by atoms with Crippen LogP contribution in [0.4, 0.5) is 0 Å². The van der Waals surface area contributed by atoms with Crippen molar-refractivity contribution in [3.05, 3.63) is 29.3 Å². The number of nitrogens with two attached hydrogens (primary N) is 1. The Balaban J connectivity index is 2.28. The minimum absolute atomic E-state index is 0.0855. The van der Waals surface area contributed by atoms with Gasteiger partial charge in [0.25, 0.3) is 0 Å². The number of Topliss-reactive ketones (excluding diaryl/α,β-unsaturated/α-hetero) is 1. The normalized spacial score (nSPS) is 18.4. The Morgan fingerprint density at radius 1 is 1.28 bits per heavy atom. The molecule has 0 aliphatic heterocycles. The van der Waals surface area contributed by atoms with Crippen LogP contribution < -0.4 is 10.5 Å². The number of aryl methyl sites for hydroxylation is 1. The van der Waals surface area contributed by atoms with Crippen molar-refractivity contribution in [3.8, 4) is 5.75 Å². The molecule has 2 rings (SSSR count). The Morgan fingerprint density at radius 2 is 1.94 bits per heavy atom. The average molecular weight is 247 g/mol. The molecule has 0 radical (unpaired) electrons. The summed E-state index contributed by atoms with van der Waals surface area (Å²) in [5, 5.41) is 0. The number of methoxy groups -OCH3 is 1. The summed E-state index contributed by atoms with van der Waals surface area (Å²) >= 11 is 0. The molecule has 98 valence electrons. The Morgan fingerprint density at radius 3 is 2.50 bits per heavy atom. The standard InChI is InChI=1S/C15H21NO2/c1-11-10-12(18-2)6-7-13(11)14(17)15(16)8-4-3-5-9-15/h6-7,10H,3-5,8-9,16H2,1-2H3. The zero-order valence-corrected chi connectivity index (χ0v) is 11.2. The third-order valence-electron chi connectivity index (χ3n) is 3.88. The zero-order chi connectivity index (χ0) is 13.2. The summed E-state index contributed by atoms with van der Waals surface area (Å²) in [5.74, 6) is 0.862. The third kappa shape index (κ3) is 2.41. The molecule has 1 aromatic rings. The predicted octanol–water partition coefficient (Wildman–Crippen LogP) is 2.85. The number of carbonyl (C=O) groups is 1. The van der Waals surface area contributed by atoms with Gasteiger partial charge in [-0.15, -0.1) is 0 Å². The monoisotopic (exact) mass is 247 g/mol. The van der Waals surface area contributed by atoms with Crippen LogP contribution in [0.25, 0.3) is 0 Å². The van der Waals surface area contributed by atoms with Gasteiger partial charge >= 0.3 is 0 Å². The molecule has 0 bridgehead atoms. The summed E-state index contributed by atoms with van der Waals surface area (Å²) in [6.45, 7) is 1.93. The van der Waals surface area contributed by atoms with E-state index in [0.717, 1.165) is 42.6 Å². The van der Waals surface area contributed by atoms with Gasteiger partial charge in [-0.3, -0.25) is 4.79 Å². The lowest BCUT2D eigenvalue weighted by atomic mass is 9.77. The molecule has 1 aliphatic rings. The highest BCUT2D eigenvalue weighted by Gasteiger charge is 2.36. The molecular weight excluding hydrogens is 226 g/mol. The Hall–Kier alpha value is -1.35. The summed E-state index contributed by atoms with van der Waals surface area (Å²) < 4.78 is 5.16. The van der Waals surface area contributed by atoms with Gasteiger partial charge < -0.3 is 10.5 Å². The van der Waals surface area contributed by atoms with Crippen LogP contribution in [0.1, 0.15) is 48.0 Å². The van der Waals surface area contributed by atoms with Crippen molar-refractivity contribution in [1.82, 2.24) is 0 Å². The van der Waals surface area contributed by atoms with Crippen molar-refractivity contribution in [2.75, 3.05) is 7.11 Å². The molecule has 0 saturated heterocycles. The van der Waals surface area contributed by atoms with Gasteiger partial charge in [0.1, 0.15) is 5.75 Å². The van der Waals surface area contributed by atoms with E-state index in [1.54, 1.807) is 7.11 Å². The number of benzene rings is 1. The number of ketones is 1. The average Bonchev–Trinajstić information content (AvgIpc) is 2.38. The van der Waals surface area contributed by atoms with E-state index in [-0.39, 0.29) is 5.78 Å². The minimum atomic E-state index is -0.655. The van der Waals surface area contributed by atoms with Gasteiger partial charge in [0, 0.05) is 5.56 Å². The van der Waals surface area contributed by atoms with Gasteiger partial charge in [0.05, 0.1) is 12.6 Å². The number of hydrogen-bond donors (Lipinski definition) is 1. The quantitative estimate of drug-likeness (QED) is 0.836. The Kier molecular flexibility index (Phi) is 3.71. The van der Waals surface area contributed by atoms with E-state index in [2.05, 4.69) is 0 Å². The topological polar surface area (TPSA) is 52.3 Å². The molecule has 0 spiro atoms. The highest BCUT2D eigenvalue weighted by molar-refractivity contribution is 6.04. The molecule has 0 heterocycles. The first-order valence-corrected chi connectivity index (χ1v) is 6.55. The molecule has 1 fully saturated rings. The SMILES string of the molecule is COc1ccc(C(=O)C2(N)CCCCC2)c(C)c1. The second-order valence-electron chi connectivity index (χ2n) is 5.23. The van der Waals surface area contributed by atoms with Crippen LogP contribution >= 0.6 is 0 Å². The second kappa shape index (κ2) is 5.11. The number of hydrogen-bond acceptors (Lipinski definition) is 3. The van der Waals surface area contributed by atoms with Crippen molar-refractivity contribution in [2.24, 2.45) is 5.73 Å². The summed E-state index contributed by atoms with van der Waals surface area (Å²) in [5.41, 5.74) is 7.31. The van der Waals surface area contributed by atoms with Gasteiger partial charge in [0.15, 0.2) is 5.78 Å². The molecule has 18 heavy (non-hydrogen) atoms. The van der Waals surface area contributed by atoms with Crippen molar-refractivity contribution in [2.45, 2.75) is 44.6 Å². The molecule has 0 atom stereocenters. The maximum atomic E-state index is 12.6. The fourth-order valence-electron chi connectivity index (χ4n) is 2.70. The first-order valence-electron chi connectivity index (χ1n) is 6.55. The maximum Gasteiger partial charge on any atom is 0.182 e. The van der Waals surface area contributed by atoms with E-state index < -0.39 is 5.54 Å². The molecule has 3 nitrogen and oxygen atoms in total. The molecule has 1 aliphatic carbocycles. The van der Waals surface area contributed by atoms with Gasteiger partial charge in [-0.1, -0.05) is 19.3 Å². The first-order chi connectivity index (χ1) is 8.57. The fraction of sp³-hybridized carbons (Fsp3) is 0.533. The summed E-state index contributed by atoms with van der Waals surface area (Å²) in [4.78, 5) is 12.6. The largest absolute Gasteiger partial charge is 0.497 e. The summed E-state index contributed by atoms with van der Waals surface area (Å²) in [6.07, 6.45) is 4.90. The molecule has 1 aromatic carbocycles. The lowest BCUT2D eigenvalue weighted by Crippen LogP contribution is -2.49. The molecule has 0 amide bonds. The number of ether oxygens (including phenoxy) is 1. The second-order valence-corrected chi connectivity index (χ2v) is 5.23. The van der Waals surface area contributed by atoms with Crippen LogP contribution in [0.2, 0.25) is 0 Å². The first kappa shape index (κ1) is 13.1.